The van der Waals surface area contributed by atoms with E-state index in [9.17, 15) is 9.59 Å². The molecule has 0 saturated heterocycles. The standard InChI is InChI=1S/C23H28N4O2/c1-5-26(6-2)21(28)15-27-20-13-8-7-12-19(20)25-22(27)17(4)24-23(29)18-11-9-10-16(3)14-18/h7-14,17H,5-6,15H2,1-4H3,(H,24,29). The van der Waals surface area contributed by atoms with Gasteiger partial charge in [-0.3, -0.25) is 9.59 Å². The van der Waals surface area contributed by atoms with E-state index in [0.29, 0.717) is 24.5 Å². The Labute approximate surface area is 171 Å². The van der Waals surface area contributed by atoms with Crippen LogP contribution in [-0.4, -0.2) is 39.4 Å². The number of carbonyl (C=O) groups is 2. The van der Waals surface area contributed by atoms with Gasteiger partial charge in [0.15, 0.2) is 0 Å². The molecule has 1 N–H and O–H groups in total. The Hall–Kier alpha value is -3.15. The Bertz CT molecular complexity index is 1020. The highest BCUT2D eigenvalue weighted by molar-refractivity contribution is 5.94. The number of rotatable bonds is 7. The number of likely N-dealkylation sites (N-methyl/N-ethyl adjacent to an activating group) is 1. The highest BCUT2D eigenvalue weighted by atomic mass is 16.2. The monoisotopic (exact) mass is 392 g/mol. The summed E-state index contributed by atoms with van der Waals surface area (Å²) in [4.78, 5) is 32.0. The zero-order chi connectivity index (χ0) is 21.0. The molecule has 29 heavy (non-hydrogen) atoms. The van der Waals surface area contributed by atoms with Gasteiger partial charge in [-0.25, -0.2) is 4.98 Å². The Morgan fingerprint density at radius 1 is 1.10 bits per heavy atom. The highest BCUT2D eigenvalue weighted by Crippen LogP contribution is 2.21. The third-order valence-electron chi connectivity index (χ3n) is 5.11. The lowest BCUT2D eigenvalue weighted by molar-refractivity contribution is -0.131. The largest absolute Gasteiger partial charge is 0.342 e. The summed E-state index contributed by atoms with van der Waals surface area (Å²) >= 11 is 0. The lowest BCUT2D eigenvalue weighted by Gasteiger charge is -2.21. The van der Waals surface area contributed by atoms with E-state index in [-0.39, 0.29) is 24.4 Å². The van der Waals surface area contributed by atoms with Gasteiger partial charge in [0, 0.05) is 18.7 Å². The molecular weight excluding hydrogens is 364 g/mol. The predicted molar refractivity (Wildman–Crippen MR) is 115 cm³/mol. The molecule has 2 aromatic carbocycles. The number of hydrogen-bond donors (Lipinski definition) is 1. The number of nitrogens with one attached hydrogen (secondary N) is 1. The van der Waals surface area contributed by atoms with Crippen LogP contribution in [0.1, 0.15) is 48.6 Å². The van der Waals surface area contributed by atoms with Crippen molar-refractivity contribution in [3.05, 3.63) is 65.5 Å². The van der Waals surface area contributed by atoms with Crippen LogP contribution in [0.5, 0.6) is 0 Å². The van der Waals surface area contributed by atoms with Gasteiger partial charge < -0.3 is 14.8 Å². The van der Waals surface area contributed by atoms with Crippen molar-refractivity contribution >= 4 is 22.8 Å². The first-order valence-electron chi connectivity index (χ1n) is 10.0. The van der Waals surface area contributed by atoms with Crippen molar-refractivity contribution in [1.29, 1.82) is 0 Å². The molecule has 1 heterocycles. The van der Waals surface area contributed by atoms with E-state index in [0.717, 1.165) is 16.6 Å². The van der Waals surface area contributed by atoms with Crippen LogP contribution in [0.3, 0.4) is 0 Å². The van der Waals surface area contributed by atoms with Crippen LogP contribution >= 0.6 is 0 Å². The smallest absolute Gasteiger partial charge is 0.251 e. The lowest BCUT2D eigenvalue weighted by Crippen LogP contribution is -2.35. The fraction of sp³-hybridized carbons (Fsp3) is 0.348. The van der Waals surface area contributed by atoms with Crippen molar-refractivity contribution in [2.24, 2.45) is 0 Å². The van der Waals surface area contributed by atoms with E-state index in [1.54, 1.807) is 11.0 Å². The van der Waals surface area contributed by atoms with Gasteiger partial charge in [-0.05, 0) is 52.0 Å². The molecular formula is C23H28N4O2. The second-order valence-electron chi connectivity index (χ2n) is 7.18. The summed E-state index contributed by atoms with van der Waals surface area (Å²) in [6, 6.07) is 14.9. The first-order valence-corrected chi connectivity index (χ1v) is 10.0. The summed E-state index contributed by atoms with van der Waals surface area (Å²) in [7, 11) is 0. The summed E-state index contributed by atoms with van der Waals surface area (Å²) in [6.07, 6.45) is 0. The topological polar surface area (TPSA) is 67.2 Å². The van der Waals surface area contributed by atoms with E-state index in [4.69, 9.17) is 4.98 Å². The van der Waals surface area contributed by atoms with Crippen LogP contribution in [-0.2, 0) is 11.3 Å². The van der Waals surface area contributed by atoms with Crippen LogP contribution in [0.2, 0.25) is 0 Å². The Balaban J connectivity index is 1.91. The van der Waals surface area contributed by atoms with Crippen LogP contribution in [0.25, 0.3) is 11.0 Å². The van der Waals surface area contributed by atoms with Crippen LogP contribution in [0.4, 0.5) is 0 Å². The molecule has 1 unspecified atom stereocenters. The first kappa shape index (κ1) is 20.6. The van der Waals surface area contributed by atoms with Crippen LogP contribution in [0, 0.1) is 6.92 Å². The van der Waals surface area contributed by atoms with Gasteiger partial charge in [-0.15, -0.1) is 0 Å². The maximum Gasteiger partial charge on any atom is 0.251 e. The molecule has 0 aliphatic carbocycles. The average molecular weight is 393 g/mol. The van der Waals surface area contributed by atoms with Crippen molar-refractivity contribution in [3.63, 3.8) is 0 Å². The van der Waals surface area contributed by atoms with Gasteiger partial charge in [0.2, 0.25) is 5.91 Å². The number of imidazole rings is 1. The van der Waals surface area contributed by atoms with Crippen LogP contribution < -0.4 is 5.32 Å². The highest BCUT2D eigenvalue weighted by Gasteiger charge is 2.21. The molecule has 0 bridgehead atoms. The summed E-state index contributed by atoms with van der Waals surface area (Å²) in [5.74, 6) is 0.555. The van der Waals surface area contributed by atoms with Gasteiger partial charge >= 0.3 is 0 Å². The molecule has 1 aromatic heterocycles. The van der Waals surface area contributed by atoms with Crippen molar-refractivity contribution in [1.82, 2.24) is 19.8 Å². The number of fused-ring (bicyclic) bond motifs is 1. The Morgan fingerprint density at radius 2 is 1.83 bits per heavy atom. The number of aryl methyl sites for hydroxylation is 1. The maximum atomic E-state index is 12.8. The lowest BCUT2D eigenvalue weighted by atomic mass is 10.1. The molecule has 0 aliphatic heterocycles. The van der Waals surface area contributed by atoms with Crippen molar-refractivity contribution in [2.45, 2.75) is 40.3 Å². The quantitative estimate of drug-likeness (QED) is 0.667. The Kier molecular flexibility index (Phi) is 6.32. The molecule has 0 aliphatic rings. The van der Waals surface area contributed by atoms with E-state index < -0.39 is 0 Å². The zero-order valence-electron chi connectivity index (χ0n) is 17.5. The van der Waals surface area contributed by atoms with Crippen molar-refractivity contribution in [3.8, 4) is 0 Å². The molecule has 6 nitrogen and oxygen atoms in total. The minimum Gasteiger partial charge on any atom is -0.342 e. The van der Waals surface area contributed by atoms with E-state index in [1.165, 1.54) is 0 Å². The molecule has 2 amide bonds. The fourth-order valence-electron chi connectivity index (χ4n) is 3.53. The zero-order valence-corrected chi connectivity index (χ0v) is 17.5. The van der Waals surface area contributed by atoms with Crippen molar-refractivity contribution in [2.75, 3.05) is 13.1 Å². The minimum absolute atomic E-state index is 0.0385. The summed E-state index contributed by atoms with van der Waals surface area (Å²) in [5.41, 5.74) is 3.34. The molecule has 152 valence electrons. The van der Waals surface area contributed by atoms with Crippen LogP contribution in [0.15, 0.2) is 48.5 Å². The third-order valence-corrected chi connectivity index (χ3v) is 5.11. The second kappa shape index (κ2) is 8.90. The van der Waals surface area contributed by atoms with Crippen molar-refractivity contribution < 1.29 is 9.59 Å². The van der Waals surface area contributed by atoms with Gasteiger partial charge in [0.25, 0.3) is 5.91 Å². The van der Waals surface area contributed by atoms with Gasteiger partial charge in [0.05, 0.1) is 17.1 Å². The van der Waals surface area contributed by atoms with Gasteiger partial charge in [-0.2, -0.15) is 0 Å². The second-order valence-corrected chi connectivity index (χ2v) is 7.18. The third kappa shape index (κ3) is 4.47. The number of benzene rings is 2. The maximum absolute atomic E-state index is 12.8. The number of aromatic nitrogens is 2. The van der Waals surface area contributed by atoms with E-state index in [1.807, 2.05) is 74.7 Å². The van der Waals surface area contributed by atoms with E-state index in [2.05, 4.69) is 5.32 Å². The Morgan fingerprint density at radius 3 is 2.52 bits per heavy atom. The number of hydrogen-bond acceptors (Lipinski definition) is 3. The normalized spacial score (nSPS) is 12.0. The van der Waals surface area contributed by atoms with Gasteiger partial charge in [-0.1, -0.05) is 29.8 Å². The predicted octanol–water partition coefficient (Wildman–Crippen LogP) is 3.70. The summed E-state index contributed by atoms with van der Waals surface area (Å²) < 4.78 is 1.91. The molecule has 0 saturated carbocycles. The molecule has 1 atom stereocenters. The van der Waals surface area contributed by atoms with Gasteiger partial charge in [0.1, 0.15) is 12.4 Å². The molecule has 3 rings (SSSR count). The fourth-order valence-corrected chi connectivity index (χ4v) is 3.53. The molecule has 0 spiro atoms. The number of carbonyl (C=O) groups excluding carboxylic acids is 2. The first-order chi connectivity index (χ1) is 13.9. The number of amides is 2. The molecule has 0 radical (unpaired) electrons. The summed E-state index contributed by atoms with van der Waals surface area (Å²) in [6.45, 7) is 9.32. The number of para-hydroxylation sites is 2. The SMILES string of the molecule is CCN(CC)C(=O)Cn1c(C(C)NC(=O)c2cccc(C)c2)nc2ccccc21. The molecule has 6 heteroatoms. The van der Waals surface area contributed by atoms with E-state index >= 15 is 0 Å². The number of nitrogens with zero attached hydrogens (tertiary/aromatic N) is 3. The molecule has 0 fully saturated rings. The summed E-state index contributed by atoms with van der Waals surface area (Å²) in [5, 5.41) is 3.02. The average Bonchev–Trinajstić information content (AvgIpc) is 3.07. The minimum atomic E-state index is -0.347. The molecule has 3 aromatic rings.